The average Bonchev–Trinajstić information content (AvgIpc) is 2.48. The van der Waals surface area contributed by atoms with Crippen molar-refractivity contribution in [3.63, 3.8) is 0 Å². The van der Waals surface area contributed by atoms with E-state index in [9.17, 15) is 9.18 Å². The van der Waals surface area contributed by atoms with Crippen LogP contribution in [0.2, 0.25) is 0 Å². The van der Waals surface area contributed by atoms with Crippen LogP contribution >= 0.6 is 0 Å². The van der Waals surface area contributed by atoms with Crippen LogP contribution in [0.15, 0.2) is 12.1 Å². The van der Waals surface area contributed by atoms with Gasteiger partial charge in [0.25, 0.3) is 0 Å². The number of nitrogens with two attached hydrogens (primary N) is 1. The predicted molar refractivity (Wildman–Crippen MR) is 87.1 cm³/mol. The van der Waals surface area contributed by atoms with Gasteiger partial charge in [-0.1, -0.05) is 0 Å². The molecule has 1 aromatic rings. The molecule has 0 aliphatic carbocycles. The van der Waals surface area contributed by atoms with Crippen molar-refractivity contribution >= 4 is 11.8 Å². The van der Waals surface area contributed by atoms with Crippen LogP contribution < -0.4 is 10.5 Å². The number of hydrogen-bond donors (Lipinski definition) is 1. The Morgan fingerprint density at radius 1 is 1.39 bits per heavy atom. The largest absolute Gasteiger partial charge is 0.494 e. The highest BCUT2D eigenvalue weighted by Crippen LogP contribution is 2.34. The van der Waals surface area contributed by atoms with Crippen LogP contribution in [0.4, 0.5) is 14.9 Å². The number of halogens is 1. The fourth-order valence-electron chi connectivity index (χ4n) is 2.76. The number of benzene rings is 1. The lowest BCUT2D eigenvalue weighted by atomic mass is 9.90. The number of ether oxygens (including phenoxy) is 2. The van der Waals surface area contributed by atoms with Gasteiger partial charge in [-0.25, -0.2) is 9.18 Å². The maximum absolute atomic E-state index is 13.9. The molecule has 1 saturated heterocycles. The number of hydrogen-bond acceptors (Lipinski definition) is 4. The predicted octanol–water partition coefficient (Wildman–Crippen LogP) is 3.53. The van der Waals surface area contributed by atoms with Crippen molar-refractivity contribution in [3.8, 4) is 5.75 Å². The van der Waals surface area contributed by atoms with Crippen LogP contribution in [0.5, 0.6) is 5.75 Å². The molecular weight excluding hydrogens is 299 g/mol. The van der Waals surface area contributed by atoms with Crippen LogP contribution in [0, 0.1) is 5.82 Å². The average molecular weight is 324 g/mol. The van der Waals surface area contributed by atoms with Crippen LogP contribution in [-0.4, -0.2) is 36.8 Å². The Morgan fingerprint density at radius 2 is 2.09 bits per heavy atom. The molecule has 2 N–H and O–H groups in total. The molecule has 1 fully saturated rings. The third-order valence-corrected chi connectivity index (χ3v) is 3.88. The maximum atomic E-state index is 13.9. The van der Waals surface area contributed by atoms with Gasteiger partial charge in [0, 0.05) is 19.0 Å². The molecule has 1 aliphatic heterocycles. The smallest absolute Gasteiger partial charge is 0.410 e. The zero-order valence-corrected chi connectivity index (χ0v) is 14.2. The summed E-state index contributed by atoms with van der Waals surface area (Å²) in [5.41, 5.74) is 5.93. The Morgan fingerprint density at radius 3 is 2.70 bits per heavy atom. The van der Waals surface area contributed by atoms with E-state index < -0.39 is 11.4 Å². The fourth-order valence-corrected chi connectivity index (χ4v) is 2.76. The van der Waals surface area contributed by atoms with E-state index in [2.05, 4.69) is 0 Å². The van der Waals surface area contributed by atoms with E-state index in [0.29, 0.717) is 18.8 Å². The number of rotatable bonds is 2. The van der Waals surface area contributed by atoms with Gasteiger partial charge in [-0.3, -0.25) is 0 Å². The van der Waals surface area contributed by atoms with Crippen molar-refractivity contribution in [3.05, 3.63) is 23.5 Å². The quantitative estimate of drug-likeness (QED) is 0.845. The third kappa shape index (κ3) is 4.27. The summed E-state index contributed by atoms with van der Waals surface area (Å²) < 4.78 is 24.5. The SMILES string of the molecule is COc1cc(C2CCCN(C(=O)OC(C)(C)C)C2)cc(F)c1N. The molecule has 5 nitrogen and oxygen atoms in total. The van der Waals surface area contributed by atoms with Gasteiger partial charge >= 0.3 is 6.09 Å². The molecule has 1 heterocycles. The number of methoxy groups -OCH3 is 1. The highest BCUT2D eigenvalue weighted by atomic mass is 19.1. The maximum Gasteiger partial charge on any atom is 0.410 e. The first kappa shape index (κ1) is 17.4. The minimum atomic E-state index is -0.527. The first-order valence-corrected chi connectivity index (χ1v) is 7.82. The van der Waals surface area contributed by atoms with E-state index in [-0.39, 0.29) is 17.7 Å². The van der Waals surface area contributed by atoms with Gasteiger partial charge in [0.05, 0.1) is 7.11 Å². The van der Waals surface area contributed by atoms with E-state index in [1.54, 1.807) is 11.0 Å². The van der Waals surface area contributed by atoms with Crippen LogP contribution in [0.3, 0.4) is 0 Å². The third-order valence-electron chi connectivity index (χ3n) is 3.88. The molecule has 0 saturated carbocycles. The van der Waals surface area contributed by atoms with Gasteiger partial charge < -0.3 is 20.1 Å². The molecule has 2 rings (SSSR count). The van der Waals surface area contributed by atoms with E-state index in [4.69, 9.17) is 15.2 Å². The summed E-state index contributed by atoms with van der Waals surface area (Å²) in [5.74, 6) is -0.122. The molecule has 0 radical (unpaired) electrons. The van der Waals surface area contributed by atoms with E-state index in [1.807, 2.05) is 20.8 Å². The Kier molecular flexibility index (Phi) is 5.02. The fraction of sp³-hybridized carbons (Fsp3) is 0.588. The summed E-state index contributed by atoms with van der Waals surface area (Å²) in [4.78, 5) is 13.9. The van der Waals surface area contributed by atoms with Gasteiger partial charge in [-0.15, -0.1) is 0 Å². The molecule has 1 unspecified atom stereocenters. The van der Waals surface area contributed by atoms with Crippen LogP contribution in [0.25, 0.3) is 0 Å². The molecule has 6 heteroatoms. The molecular formula is C17H25FN2O3. The lowest BCUT2D eigenvalue weighted by Gasteiger charge is -2.34. The van der Waals surface area contributed by atoms with Gasteiger partial charge in [-0.2, -0.15) is 0 Å². The summed E-state index contributed by atoms with van der Waals surface area (Å²) in [6, 6.07) is 3.18. The van der Waals surface area contributed by atoms with Gasteiger partial charge in [0.2, 0.25) is 0 Å². The Hall–Kier alpha value is -1.98. The minimum absolute atomic E-state index is 0.0102. The highest BCUT2D eigenvalue weighted by Gasteiger charge is 2.29. The molecule has 0 bridgehead atoms. The number of carbonyl (C=O) groups excluding carboxylic acids is 1. The number of nitrogens with zero attached hydrogens (tertiary/aromatic N) is 1. The lowest BCUT2D eigenvalue weighted by molar-refractivity contribution is 0.0198. The number of anilines is 1. The van der Waals surface area contributed by atoms with Crippen molar-refractivity contribution in [2.24, 2.45) is 0 Å². The zero-order valence-electron chi connectivity index (χ0n) is 14.2. The second kappa shape index (κ2) is 6.64. The topological polar surface area (TPSA) is 64.8 Å². The van der Waals surface area contributed by atoms with Gasteiger partial charge in [-0.05, 0) is 51.3 Å². The van der Waals surface area contributed by atoms with E-state index in [0.717, 1.165) is 18.4 Å². The van der Waals surface area contributed by atoms with Gasteiger partial charge in [0.15, 0.2) is 0 Å². The number of nitrogen functional groups attached to an aromatic ring is 1. The second-order valence-corrected chi connectivity index (χ2v) is 6.88. The summed E-state index contributed by atoms with van der Waals surface area (Å²) in [5, 5.41) is 0. The van der Waals surface area contributed by atoms with E-state index in [1.165, 1.54) is 13.2 Å². The summed E-state index contributed by atoms with van der Waals surface area (Å²) in [6.07, 6.45) is 1.40. The van der Waals surface area contributed by atoms with Gasteiger partial charge in [0.1, 0.15) is 22.9 Å². The number of piperidine rings is 1. The summed E-state index contributed by atoms with van der Waals surface area (Å²) in [7, 11) is 1.46. The molecule has 23 heavy (non-hydrogen) atoms. The van der Waals surface area contributed by atoms with Crippen LogP contribution in [0.1, 0.15) is 45.1 Å². The number of carbonyl (C=O) groups is 1. The summed E-state index contributed by atoms with van der Waals surface area (Å²) in [6.45, 7) is 6.67. The number of likely N-dealkylation sites (tertiary alicyclic amines) is 1. The van der Waals surface area contributed by atoms with Crippen molar-refractivity contribution in [1.29, 1.82) is 0 Å². The molecule has 1 aliphatic rings. The molecule has 1 amide bonds. The first-order chi connectivity index (χ1) is 10.7. The van der Waals surface area contributed by atoms with Crippen molar-refractivity contribution in [2.45, 2.75) is 45.1 Å². The zero-order chi connectivity index (χ0) is 17.2. The molecule has 0 aromatic heterocycles. The van der Waals surface area contributed by atoms with Crippen LogP contribution in [-0.2, 0) is 4.74 Å². The monoisotopic (exact) mass is 324 g/mol. The summed E-state index contributed by atoms with van der Waals surface area (Å²) >= 11 is 0. The van der Waals surface area contributed by atoms with E-state index >= 15 is 0 Å². The van der Waals surface area contributed by atoms with Crippen molar-refractivity contribution < 1.29 is 18.7 Å². The second-order valence-electron chi connectivity index (χ2n) is 6.88. The molecule has 128 valence electrons. The highest BCUT2D eigenvalue weighted by molar-refractivity contribution is 5.68. The molecule has 1 atom stereocenters. The van der Waals surface area contributed by atoms with Crippen molar-refractivity contribution in [2.75, 3.05) is 25.9 Å². The normalized spacial score (nSPS) is 18.7. The standard InChI is InChI=1S/C17H25FN2O3/c1-17(2,3)23-16(21)20-7-5-6-11(10-20)12-8-13(18)15(19)14(9-12)22-4/h8-9,11H,5-7,10,19H2,1-4H3. The molecule has 1 aromatic carbocycles. The first-order valence-electron chi connectivity index (χ1n) is 7.82. The minimum Gasteiger partial charge on any atom is -0.494 e. The van der Waals surface area contributed by atoms with Crippen molar-refractivity contribution in [1.82, 2.24) is 4.90 Å². The number of amides is 1. The molecule has 0 spiro atoms. The Balaban J connectivity index is 2.15. The lowest BCUT2D eigenvalue weighted by Crippen LogP contribution is -2.42. The Labute approximate surface area is 136 Å². The Bertz CT molecular complexity index is 584.